The largest absolute Gasteiger partial charge is 0.543 e. The number of aromatic hydroxyl groups is 2. The molecule has 2 fully saturated rings. The number of aliphatic imine (C=N–C) groups is 1. The van der Waals surface area contributed by atoms with Crippen LogP contribution in [0.2, 0.25) is 5.02 Å². The van der Waals surface area contributed by atoms with Gasteiger partial charge in [-0.05, 0) is 26.0 Å². The van der Waals surface area contributed by atoms with Gasteiger partial charge in [-0.15, -0.1) is 23.1 Å². The minimum absolute atomic E-state index is 0.00123. The first kappa shape index (κ1) is 37.5. The normalized spacial score (nSPS) is 20.5. The predicted octanol–water partition coefficient (Wildman–Crippen LogP) is -0.185. The van der Waals surface area contributed by atoms with Crippen LogP contribution in [0.5, 0.6) is 11.5 Å². The van der Waals surface area contributed by atoms with Crippen molar-refractivity contribution in [3.63, 3.8) is 0 Å². The summed E-state index contributed by atoms with van der Waals surface area (Å²) in [5, 5.41) is 51.1. The average molecular weight is 766 g/mol. The van der Waals surface area contributed by atoms with Gasteiger partial charge in [0.15, 0.2) is 28.3 Å². The number of carboxylic acid groups (broad SMARTS) is 2. The number of phenolic OH excluding ortho intramolecular Hbond substituents is 2. The van der Waals surface area contributed by atoms with E-state index in [1.165, 1.54) is 43.1 Å². The number of aromatic nitrogens is 1. The van der Waals surface area contributed by atoms with E-state index in [1.807, 2.05) is 0 Å². The molecule has 0 unspecified atom stereocenters. The number of thioether (sulfide) groups is 1. The molecule has 2 saturated heterocycles. The van der Waals surface area contributed by atoms with E-state index in [-0.39, 0.29) is 51.2 Å². The number of benzene rings is 1. The third kappa shape index (κ3) is 7.92. The smallest absolute Gasteiger partial charge is 0.350 e. The van der Waals surface area contributed by atoms with Crippen LogP contribution >= 0.6 is 34.7 Å². The van der Waals surface area contributed by atoms with Crippen LogP contribution in [0.4, 0.5) is 10.8 Å². The zero-order chi connectivity index (χ0) is 37.2. The van der Waals surface area contributed by atoms with Crippen LogP contribution < -0.4 is 27.2 Å². The molecular formula is C30H36ClN9O9S2. The highest BCUT2D eigenvalue weighted by molar-refractivity contribution is 8.00. The fraction of sp³-hybridized carbons (Fsp3) is 0.433. The van der Waals surface area contributed by atoms with Crippen molar-refractivity contribution in [1.29, 1.82) is 0 Å². The van der Waals surface area contributed by atoms with Crippen molar-refractivity contribution < 1.29 is 48.9 Å². The first-order chi connectivity index (χ1) is 24.0. The van der Waals surface area contributed by atoms with E-state index in [9.17, 15) is 39.6 Å². The number of nitrogen functional groups attached to an aromatic ring is 1. The standard InChI is InChI=1S/C30H36ClN9O9S2/c1-30(2,27(47)48)49-38-19(16-13-51-29(33)36-16)23(43)37-20-24(44)39-21(26(45)46)14(12-50-25(20)39)11-40(8-3-4-9-40)10-7-34-28(32)35-15-5-6-17(41)22(42)18(15)31/h5-6,13,20,25H,3-4,7-12H2,1-2H3,(H9-,32,33,34,35,36,37,38,41,42,43,45,46,47,48)/t20-,25-/m1/s1. The lowest BCUT2D eigenvalue weighted by molar-refractivity contribution is -0.910. The Morgan fingerprint density at radius 2 is 1.96 bits per heavy atom. The number of anilines is 2. The molecule has 0 bridgehead atoms. The monoisotopic (exact) mass is 765 g/mol. The van der Waals surface area contributed by atoms with Crippen molar-refractivity contribution in [3.05, 3.63) is 39.5 Å². The van der Waals surface area contributed by atoms with Crippen LogP contribution in [0.1, 0.15) is 32.4 Å². The number of thiazole rings is 1. The molecular weight excluding hydrogens is 730 g/mol. The van der Waals surface area contributed by atoms with Crippen LogP contribution in [-0.2, 0) is 24.0 Å². The van der Waals surface area contributed by atoms with E-state index >= 15 is 0 Å². The Bertz CT molecular complexity index is 1840. The fourth-order valence-corrected chi connectivity index (χ4v) is 7.98. The van der Waals surface area contributed by atoms with Gasteiger partial charge in [0.25, 0.3) is 11.8 Å². The number of nitrogens with two attached hydrogens (primary N) is 2. The topological polar surface area (TPSA) is 278 Å². The lowest BCUT2D eigenvalue weighted by Crippen LogP contribution is -2.72. The molecule has 3 aliphatic rings. The van der Waals surface area contributed by atoms with Crippen LogP contribution in [0.25, 0.3) is 0 Å². The third-order valence-corrected chi connectivity index (χ3v) is 11.0. The van der Waals surface area contributed by atoms with Gasteiger partial charge in [-0.3, -0.25) is 14.5 Å². The van der Waals surface area contributed by atoms with Gasteiger partial charge in [0.2, 0.25) is 5.60 Å². The first-order valence-corrected chi connectivity index (χ1v) is 17.9. The Morgan fingerprint density at radius 3 is 2.59 bits per heavy atom. The van der Waals surface area contributed by atoms with Gasteiger partial charge in [0.1, 0.15) is 28.7 Å². The summed E-state index contributed by atoms with van der Waals surface area (Å²) in [6.07, 6.45) is 1.81. The number of quaternary nitrogens is 1. The number of fused-ring (bicyclic) bond motifs is 1. The molecule has 0 spiro atoms. The molecule has 5 rings (SSSR count). The van der Waals surface area contributed by atoms with E-state index in [0.29, 0.717) is 23.1 Å². The number of carbonyl (C=O) groups is 4. The summed E-state index contributed by atoms with van der Waals surface area (Å²) in [5.41, 5.74) is 10.1. The maximum Gasteiger partial charge on any atom is 0.350 e. The summed E-state index contributed by atoms with van der Waals surface area (Å²) in [7, 11) is 0. The maximum atomic E-state index is 13.4. The maximum absolute atomic E-state index is 13.4. The minimum Gasteiger partial charge on any atom is -0.543 e. The number of nitrogens with one attached hydrogen (secondary N) is 2. The minimum atomic E-state index is -1.79. The highest BCUT2D eigenvalue weighted by Crippen LogP contribution is 2.41. The Labute approximate surface area is 304 Å². The van der Waals surface area contributed by atoms with Crippen molar-refractivity contribution >= 4 is 80.9 Å². The molecule has 9 N–H and O–H groups in total. The summed E-state index contributed by atoms with van der Waals surface area (Å²) in [6.45, 7) is 5.05. The molecule has 51 heavy (non-hydrogen) atoms. The molecule has 2 atom stereocenters. The van der Waals surface area contributed by atoms with Gasteiger partial charge >= 0.3 is 5.97 Å². The molecule has 2 amide bonds. The molecule has 0 saturated carbocycles. The molecule has 18 nitrogen and oxygen atoms in total. The second kappa shape index (κ2) is 14.8. The Hall–Kier alpha value is -4.79. The molecule has 1 aromatic heterocycles. The summed E-state index contributed by atoms with van der Waals surface area (Å²) < 4.78 is 0.500. The number of hydrogen-bond acceptors (Lipinski definition) is 14. The summed E-state index contributed by atoms with van der Waals surface area (Å²) in [4.78, 5) is 65.5. The van der Waals surface area contributed by atoms with Gasteiger partial charge in [-0.25, -0.2) is 14.8 Å². The van der Waals surface area contributed by atoms with Crippen LogP contribution in [0.15, 0.2) is 38.9 Å². The summed E-state index contributed by atoms with van der Waals surface area (Å²) >= 11 is 8.36. The number of amides is 2. The Morgan fingerprint density at radius 1 is 1.25 bits per heavy atom. The Balaban J connectivity index is 1.29. The van der Waals surface area contributed by atoms with Gasteiger partial charge in [-0.2, -0.15) is 0 Å². The van der Waals surface area contributed by atoms with Gasteiger partial charge in [0.05, 0.1) is 43.5 Å². The molecule has 1 aromatic carbocycles. The summed E-state index contributed by atoms with van der Waals surface area (Å²) in [6, 6.07) is 1.56. The first-order valence-electron chi connectivity index (χ1n) is 15.6. The number of guanidine groups is 1. The SMILES string of the molecule is CC(C)(O/N=C(\C(=O)N[C@@H]1C(=O)N2C(C(=O)[O-])=C(C[N+]3(CCN=C(N)Nc4ccc(O)c(O)c4Cl)CCCC3)CS[C@H]12)c1csc(N)n1)C(=O)O. The number of nitrogens with zero attached hydrogens (tertiary/aromatic N) is 5. The van der Waals surface area contributed by atoms with Crippen molar-refractivity contribution in [3.8, 4) is 11.5 Å². The van der Waals surface area contributed by atoms with Crippen molar-refractivity contribution in [2.45, 2.75) is 43.7 Å². The molecule has 274 valence electrons. The summed E-state index contributed by atoms with van der Waals surface area (Å²) in [5.74, 6) is -5.04. The van der Waals surface area contributed by atoms with Crippen LogP contribution in [0.3, 0.4) is 0 Å². The Kier molecular flexibility index (Phi) is 10.9. The highest BCUT2D eigenvalue weighted by Gasteiger charge is 2.54. The lowest BCUT2D eigenvalue weighted by Gasteiger charge is -2.51. The highest BCUT2D eigenvalue weighted by atomic mass is 35.5. The second-order valence-corrected chi connectivity index (χ2v) is 15.0. The van der Waals surface area contributed by atoms with Crippen LogP contribution in [-0.4, -0.2) is 121 Å². The van der Waals surface area contributed by atoms with Crippen LogP contribution in [0, 0.1) is 0 Å². The number of hydrogen-bond donors (Lipinski definition) is 7. The van der Waals surface area contributed by atoms with E-state index < -0.39 is 52.2 Å². The molecule has 0 radical (unpaired) electrons. The van der Waals surface area contributed by atoms with Gasteiger partial charge in [0, 0.05) is 29.5 Å². The number of β-lactam (4-membered cyclic amide) rings is 1. The molecule has 21 heteroatoms. The van der Waals surface area contributed by atoms with E-state index in [2.05, 4.69) is 25.8 Å². The number of halogens is 1. The van der Waals surface area contributed by atoms with E-state index in [0.717, 1.165) is 42.2 Å². The number of carbonyl (C=O) groups excluding carboxylic acids is 3. The predicted molar refractivity (Wildman–Crippen MR) is 187 cm³/mol. The molecule has 0 aliphatic carbocycles. The zero-order valence-electron chi connectivity index (χ0n) is 27.4. The number of aliphatic carboxylic acids is 2. The van der Waals surface area contributed by atoms with Crippen molar-refractivity contribution in [2.24, 2.45) is 15.9 Å². The lowest BCUT2D eigenvalue weighted by atomic mass is 10.0. The number of carboxylic acids is 2. The van der Waals surface area contributed by atoms with Gasteiger partial charge < -0.3 is 56.6 Å². The number of oxime groups is 1. The zero-order valence-corrected chi connectivity index (χ0v) is 29.8. The average Bonchev–Trinajstić information content (AvgIpc) is 3.72. The second-order valence-electron chi connectivity index (χ2n) is 12.6. The van der Waals surface area contributed by atoms with Crippen molar-refractivity contribution in [2.75, 3.05) is 49.5 Å². The van der Waals surface area contributed by atoms with E-state index in [1.54, 1.807) is 0 Å². The number of rotatable bonds is 13. The van der Waals surface area contributed by atoms with E-state index in [4.69, 9.17) is 27.9 Å². The van der Waals surface area contributed by atoms with Crippen molar-refractivity contribution in [1.82, 2.24) is 15.2 Å². The molecule has 3 aliphatic heterocycles. The quantitative estimate of drug-likeness (QED) is 0.0265. The number of likely N-dealkylation sites (tertiary alicyclic amines) is 1. The molecule has 4 heterocycles. The third-order valence-electron chi connectivity index (χ3n) is 8.64. The molecule has 2 aromatic rings. The number of phenols is 2. The van der Waals surface area contributed by atoms with Gasteiger partial charge in [-0.1, -0.05) is 16.8 Å². The fourth-order valence-electron chi connectivity index (χ4n) is 5.89.